The van der Waals surface area contributed by atoms with Crippen molar-refractivity contribution in [2.75, 3.05) is 26.2 Å². The van der Waals surface area contributed by atoms with Gasteiger partial charge in [0, 0.05) is 6.54 Å². The van der Waals surface area contributed by atoms with Gasteiger partial charge >= 0.3 is 6.16 Å². The molecule has 0 saturated carbocycles. The molecule has 0 aromatic carbocycles. The first-order valence-electron chi connectivity index (χ1n) is 3.78. The minimum atomic E-state index is -1.20. The van der Waals surface area contributed by atoms with Crippen LogP contribution in [0.2, 0.25) is 0 Å². The molecule has 0 amide bonds. The van der Waals surface area contributed by atoms with Gasteiger partial charge in [-0.2, -0.15) is 0 Å². The third kappa shape index (κ3) is 5.66. The molecule has 0 unspecified atom stereocenters. The first-order valence-corrected chi connectivity index (χ1v) is 3.78. The highest BCUT2D eigenvalue weighted by atomic mass is 16.7. The van der Waals surface area contributed by atoms with Crippen molar-refractivity contribution in [2.24, 2.45) is 0 Å². The van der Waals surface area contributed by atoms with Crippen molar-refractivity contribution in [1.29, 1.82) is 0 Å². The van der Waals surface area contributed by atoms with E-state index in [1.165, 1.54) is 0 Å². The molecule has 0 saturated heterocycles. The second-order valence-corrected chi connectivity index (χ2v) is 2.14. The van der Waals surface area contributed by atoms with Crippen LogP contribution in [-0.2, 0) is 4.74 Å². The Balaban J connectivity index is 3.28. The van der Waals surface area contributed by atoms with E-state index in [-0.39, 0.29) is 6.61 Å². The average molecular weight is 161 g/mol. The molecule has 0 aromatic heterocycles. The molecular weight excluding hydrogens is 146 g/mol. The summed E-state index contributed by atoms with van der Waals surface area (Å²) in [6, 6.07) is 0. The van der Waals surface area contributed by atoms with Gasteiger partial charge < -0.3 is 14.7 Å². The summed E-state index contributed by atoms with van der Waals surface area (Å²) in [4.78, 5) is 12.0. The number of carbonyl (C=O) groups is 1. The SMILES string of the molecule is CCN(CC)CCOC(=O)O. The summed E-state index contributed by atoms with van der Waals surface area (Å²) in [7, 11) is 0. The summed E-state index contributed by atoms with van der Waals surface area (Å²) in [5, 5.41) is 8.13. The van der Waals surface area contributed by atoms with Crippen molar-refractivity contribution < 1.29 is 14.6 Å². The lowest BCUT2D eigenvalue weighted by Crippen LogP contribution is -2.27. The summed E-state index contributed by atoms with van der Waals surface area (Å²) in [5.41, 5.74) is 0. The lowest BCUT2D eigenvalue weighted by molar-refractivity contribution is 0.0816. The molecule has 1 N–H and O–H groups in total. The van der Waals surface area contributed by atoms with Crippen LogP contribution in [0.4, 0.5) is 4.79 Å². The Hall–Kier alpha value is -0.770. The highest BCUT2D eigenvalue weighted by molar-refractivity contribution is 5.56. The Labute approximate surface area is 66.8 Å². The van der Waals surface area contributed by atoms with Crippen LogP contribution in [0, 0.1) is 0 Å². The van der Waals surface area contributed by atoms with Gasteiger partial charge in [0.25, 0.3) is 0 Å². The summed E-state index contributed by atoms with van der Waals surface area (Å²) < 4.78 is 4.35. The van der Waals surface area contributed by atoms with Crippen molar-refractivity contribution in [3.05, 3.63) is 0 Å². The molecule has 0 spiro atoms. The zero-order valence-electron chi connectivity index (χ0n) is 7.04. The fourth-order valence-electron chi connectivity index (χ4n) is 0.802. The molecule has 4 nitrogen and oxygen atoms in total. The molecule has 66 valence electrons. The van der Waals surface area contributed by atoms with Gasteiger partial charge in [-0.25, -0.2) is 4.79 Å². The summed E-state index contributed by atoms with van der Waals surface area (Å²) in [5.74, 6) is 0. The van der Waals surface area contributed by atoms with E-state index in [1.807, 2.05) is 13.8 Å². The van der Waals surface area contributed by atoms with Gasteiger partial charge in [-0.1, -0.05) is 13.8 Å². The number of ether oxygens (including phenoxy) is 1. The lowest BCUT2D eigenvalue weighted by atomic mass is 10.5. The molecule has 0 aliphatic heterocycles. The average Bonchev–Trinajstić information content (AvgIpc) is 1.98. The van der Waals surface area contributed by atoms with Crippen molar-refractivity contribution in [3.63, 3.8) is 0 Å². The minimum absolute atomic E-state index is 0.261. The molecule has 0 heterocycles. The highest BCUT2D eigenvalue weighted by Gasteiger charge is 2.00. The van der Waals surface area contributed by atoms with Gasteiger partial charge in [-0.3, -0.25) is 0 Å². The number of carboxylic acid groups (broad SMARTS) is 1. The number of rotatable bonds is 5. The Morgan fingerprint density at radius 2 is 2.00 bits per heavy atom. The Kier molecular flexibility index (Phi) is 5.56. The van der Waals surface area contributed by atoms with Crippen molar-refractivity contribution in [2.45, 2.75) is 13.8 Å². The monoisotopic (exact) mass is 161 g/mol. The zero-order chi connectivity index (χ0) is 8.69. The van der Waals surface area contributed by atoms with E-state index in [1.54, 1.807) is 0 Å². The smallest absolute Gasteiger partial charge is 0.450 e. The van der Waals surface area contributed by atoms with Crippen LogP contribution in [0.5, 0.6) is 0 Å². The second-order valence-electron chi connectivity index (χ2n) is 2.14. The molecule has 0 aliphatic rings. The molecule has 0 bridgehead atoms. The van der Waals surface area contributed by atoms with Crippen molar-refractivity contribution in [1.82, 2.24) is 4.90 Å². The normalized spacial score (nSPS) is 10.1. The predicted molar refractivity (Wildman–Crippen MR) is 41.8 cm³/mol. The summed E-state index contributed by atoms with van der Waals surface area (Å²) in [6.07, 6.45) is -1.20. The van der Waals surface area contributed by atoms with E-state index in [0.29, 0.717) is 6.54 Å². The maximum atomic E-state index is 9.92. The highest BCUT2D eigenvalue weighted by Crippen LogP contribution is 1.86. The van der Waals surface area contributed by atoms with E-state index in [2.05, 4.69) is 9.64 Å². The van der Waals surface area contributed by atoms with Crippen LogP contribution < -0.4 is 0 Å². The van der Waals surface area contributed by atoms with Gasteiger partial charge in [0.15, 0.2) is 0 Å². The molecular formula is C7H15NO3. The van der Waals surface area contributed by atoms with E-state index < -0.39 is 6.16 Å². The van der Waals surface area contributed by atoms with E-state index in [0.717, 1.165) is 13.1 Å². The van der Waals surface area contributed by atoms with Crippen LogP contribution >= 0.6 is 0 Å². The maximum absolute atomic E-state index is 9.92. The third-order valence-corrected chi connectivity index (χ3v) is 1.53. The first kappa shape index (κ1) is 10.2. The van der Waals surface area contributed by atoms with Crippen LogP contribution in [0.25, 0.3) is 0 Å². The predicted octanol–water partition coefficient (Wildman–Crippen LogP) is 1.02. The van der Waals surface area contributed by atoms with Crippen LogP contribution in [0.3, 0.4) is 0 Å². The Bertz CT molecular complexity index is 112. The second kappa shape index (κ2) is 5.97. The third-order valence-electron chi connectivity index (χ3n) is 1.53. The maximum Gasteiger partial charge on any atom is 0.505 e. The van der Waals surface area contributed by atoms with Crippen LogP contribution in [-0.4, -0.2) is 42.4 Å². The molecule has 0 rings (SSSR count). The quantitative estimate of drug-likeness (QED) is 0.612. The zero-order valence-corrected chi connectivity index (χ0v) is 7.04. The largest absolute Gasteiger partial charge is 0.505 e. The molecule has 0 atom stereocenters. The molecule has 11 heavy (non-hydrogen) atoms. The molecule has 0 fully saturated rings. The fraction of sp³-hybridized carbons (Fsp3) is 0.857. The number of hydrogen-bond donors (Lipinski definition) is 1. The molecule has 0 radical (unpaired) electrons. The fourth-order valence-corrected chi connectivity index (χ4v) is 0.802. The summed E-state index contributed by atoms with van der Waals surface area (Å²) in [6.45, 7) is 6.86. The topological polar surface area (TPSA) is 49.8 Å². The molecule has 0 aliphatic carbocycles. The van der Waals surface area contributed by atoms with Gasteiger partial charge in [-0.15, -0.1) is 0 Å². The first-order chi connectivity index (χ1) is 5.20. The number of likely N-dealkylation sites (N-methyl/N-ethyl adjacent to an activating group) is 1. The van der Waals surface area contributed by atoms with Gasteiger partial charge in [0.1, 0.15) is 6.61 Å². The Morgan fingerprint density at radius 3 is 2.36 bits per heavy atom. The lowest BCUT2D eigenvalue weighted by Gasteiger charge is -2.16. The van der Waals surface area contributed by atoms with Crippen molar-refractivity contribution >= 4 is 6.16 Å². The molecule has 0 aromatic rings. The molecule has 4 heteroatoms. The summed E-state index contributed by atoms with van der Waals surface area (Å²) >= 11 is 0. The van der Waals surface area contributed by atoms with Gasteiger partial charge in [0.05, 0.1) is 0 Å². The van der Waals surface area contributed by atoms with E-state index in [9.17, 15) is 4.79 Å². The van der Waals surface area contributed by atoms with E-state index in [4.69, 9.17) is 5.11 Å². The Morgan fingerprint density at radius 1 is 1.45 bits per heavy atom. The minimum Gasteiger partial charge on any atom is -0.450 e. The van der Waals surface area contributed by atoms with Gasteiger partial charge in [-0.05, 0) is 13.1 Å². The van der Waals surface area contributed by atoms with E-state index >= 15 is 0 Å². The number of hydrogen-bond acceptors (Lipinski definition) is 3. The van der Waals surface area contributed by atoms with Gasteiger partial charge in [0.2, 0.25) is 0 Å². The standard InChI is InChI=1S/C7H15NO3/c1-3-8(4-2)5-6-11-7(9)10/h3-6H2,1-2H3,(H,9,10). The number of nitrogens with zero attached hydrogens (tertiary/aromatic N) is 1. The van der Waals surface area contributed by atoms with Crippen molar-refractivity contribution in [3.8, 4) is 0 Å². The van der Waals surface area contributed by atoms with Crippen LogP contribution in [0.15, 0.2) is 0 Å². The van der Waals surface area contributed by atoms with Crippen LogP contribution in [0.1, 0.15) is 13.8 Å².